The summed E-state index contributed by atoms with van der Waals surface area (Å²) in [5.41, 5.74) is 1.03. The van der Waals surface area contributed by atoms with Crippen LogP contribution in [0.3, 0.4) is 0 Å². The van der Waals surface area contributed by atoms with Crippen LogP contribution >= 0.6 is 23.5 Å². The Morgan fingerprint density at radius 2 is 2.17 bits per heavy atom. The first kappa shape index (κ1) is 12.6. The summed E-state index contributed by atoms with van der Waals surface area (Å²) in [4.78, 5) is 19.5. The van der Waals surface area contributed by atoms with E-state index < -0.39 is 0 Å². The fourth-order valence-electron chi connectivity index (χ4n) is 2.38. The third-order valence-corrected chi connectivity index (χ3v) is 6.75. The van der Waals surface area contributed by atoms with E-state index in [1.165, 1.54) is 18.6 Å². The molecular weight excluding hydrogens is 264 g/mol. The van der Waals surface area contributed by atoms with Crippen LogP contribution in [-0.4, -0.2) is 26.7 Å². The number of nitrogens with one attached hydrogen (secondary N) is 1. The van der Waals surface area contributed by atoms with Crippen LogP contribution in [0.5, 0.6) is 0 Å². The van der Waals surface area contributed by atoms with Gasteiger partial charge in [0.25, 0.3) is 5.56 Å². The Balaban J connectivity index is 1.91. The number of H-pyrrole nitrogens is 1. The number of rotatable bonds is 3. The fourth-order valence-corrected chi connectivity index (χ4v) is 5.39. The zero-order valence-electron chi connectivity index (χ0n) is 10.5. The van der Waals surface area contributed by atoms with Gasteiger partial charge in [-0.1, -0.05) is 6.92 Å². The van der Waals surface area contributed by atoms with Crippen molar-refractivity contribution in [2.24, 2.45) is 0 Å². The lowest BCUT2D eigenvalue weighted by Gasteiger charge is -2.29. The van der Waals surface area contributed by atoms with Crippen LogP contribution in [-0.2, 0) is 0 Å². The molecule has 1 N–H and O–H groups in total. The third kappa shape index (κ3) is 2.62. The van der Waals surface area contributed by atoms with Crippen molar-refractivity contribution in [3.05, 3.63) is 27.9 Å². The molecule has 0 aromatic carbocycles. The van der Waals surface area contributed by atoms with Crippen molar-refractivity contribution >= 4 is 23.5 Å². The SMILES string of the molecule is CCC1SCCSC1c1nc(C2CC2)cc(=O)[nH]1. The molecule has 98 valence electrons. The molecule has 2 aliphatic rings. The molecule has 0 amide bonds. The topological polar surface area (TPSA) is 45.8 Å². The summed E-state index contributed by atoms with van der Waals surface area (Å²) in [5, 5.41) is 0.946. The van der Waals surface area contributed by atoms with E-state index in [2.05, 4.69) is 11.9 Å². The van der Waals surface area contributed by atoms with Gasteiger partial charge in [0.1, 0.15) is 5.82 Å². The number of thioether (sulfide) groups is 2. The number of aromatic amines is 1. The lowest BCUT2D eigenvalue weighted by atomic mass is 10.2. The Morgan fingerprint density at radius 1 is 1.39 bits per heavy atom. The first-order valence-electron chi connectivity index (χ1n) is 6.62. The van der Waals surface area contributed by atoms with Gasteiger partial charge >= 0.3 is 0 Å². The van der Waals surface area contributed by atoms with E-state index in [4.69, 9.17) is 4.98 Å². The summed E-state index contributed by atoms with van der Waals surface area (Å²) in [6.45, 7) is 2.22. The zero-order valence-corrected chi connectivity index (χ0v) is 12.1. The second kappa shape index (κ2) is 5.29. The van der Waals surface area contributed by atoms with Gasteiger partial charge in [-0.3, -0.25) is 4.79 Å². The van der Waals surface area contributed by atoms with E-state index in [1.807, 2.05) is 23.5 Å². The van der Waals surface area contributed by atoms with Crippen LogP contribution in [0.1, 0.15) is 48.9 Å². The molecule has 3 nitrogen and oxygen atoms in total. The van der Waals surface area contributed by atoms with Gasteiger partial charge in [-0.05, 0) is 19.3 Å². The average molecular weight is 282 g/mol. The molecule has 1 aromatic rings. The summed E-state index contributed by atoms with van der Waals surface area (Å²) in [6.07, 6.45) is 3.53. The molecule has 1 aliphatic heterocycles. The molecule has 0 radical (unpaired) electrons. The minimum absolute atomic E-state index is 0.0212. The van der Waals surface area contributed by atoms with Gasteiger partial charge in [0.2, 0.25) is 0 Å². The van der Waals surface area contributed by atoms with Crippen LogP contribution in [0.15, 0.2) is 10.9 Å². The molecule has 1 aromatic heterocycles. The Labute approximate surface area is 116 Å². The van der Waals surface area contributed by atoms with E-state index in [1.54, 1.807) is 6.07 Å². The van der Waals surface area contributed by atoms with Gasteiger partial charge in [-0.2, -0.15) is 11.8 Å². The molecule has 3 rings (SSSR count). The zero-order chi connectivity index (χ0) is 12.5. The summed E-state index contributed by atoms with van der Waals surface area (Å²) in [5.74, 6) is 3.83. The summed E-state index contributed by atoms with van der Waals surface area (Å²) in [6, 6.07) is 1.68. The molecule has 1 saturated carbocycles. The second-order valence-corrected chi connectivity index (χ2v) is 7.54. The van der Waals surface area contributed by atoms with Crippen molar-refractivity contribution in [1.29, 1.82) is 0 Å². The Kier molecular flexibility index (Phi) is 3.71. The van der Waals surface area contributed by atoms with E-state index in [-0.39, 0.29) is 5.56 Å². The summed E-state index contributed by atoms with van der Waals surface area (Å²) >= 11 is 3.96. The van der Waals surface area contributed by atoms with E-state index in [0.717, 1.165) is 23.7 Å². The maximum atomic E-state index is 11.8. The van der Waals surface area contributed by atoms with Gasteiger partial charge in [0, 0.05) is 28.7 Å². The Bertz CT molecular complexity index is 484. The molecule has 18 heavy (non-hydrogen) atoms. The first-order chi connectivity index (χ1) is 8.78. The molecule has 2 atom stereocenters. The number of hydrogen-bond acceptors (Lipinski definition) is 4. The molecule has 1 saturated heterocycles. The van der Waals surface area contributed by atoms with Crippen LogP contribution < -0.4 is 5.56 Å². The second-order valence-electron chi connectivity index (χ2n) is 4.94. The largest absolute Gasteiger partial charge is 0.310 e. The molecule has 0 bridgehead atoms. The number of nitrogens with zero attached hydrogens (tertiary/aromatic N) is 1. The van der Waals surface area contributed by atoms with Crippen LogP contribution in [0, 0.1) is 0 Å². The quantitative estimate of drug-likeness (QED) is 0.926. The minimum atomic E-state index is 0.0212. The molecule has 2 unspecified atom stereocenters. The van der Waals surface area contributed by atoms with Gasteiger partial charge in [-0.15, -0.1) is 11.8 Å². The Hall–Kier alpha value is -0.420. The molecule has 0 spiro atoms. The van der Waals surface area contributed by atoms with Gasteiger partial charge in [0.15, 0.2) is 0 Å². The summed E-state index contributed by atoms with van der Waals surface area (Å²) in [7, 11) is 0. The predicted octanol–water partition coefficient (Wildman–Crippen LogP) is 2.95. The number of hydrogen-bond donors (Lipinski definition) is 1. The van der Waals surface area contributed by atoms with Crippen LogP contribution in [0.2, 0.25) is 0 Å². The van der Waals surface area contributed by atoms with Crippen LogP contribution in [0.4, 0.5) is 0 Å². The minimum Gasteiger partial charge on any atom is -0.310 e. The van der Waals surface area contributed by atoms with Crippen LogP contribution in [0.25, 0.3) is 0 Å². The maximum absolute atomic E-state index is 11.8. The standard InChI is InChI=1S/C13H18N2OS2/c1-2-10-12(18-6-5-17-10)13-14-9(8-3-4-8)7-11(16)15-13/h7-8,10,12H,2-6H2,1H3,(H,14,15,16). The van der Waals surface area contributed by atoms with Gasteiger partial charge in [-0.25, -0.2) is 4.98 Å². The highest BCUT2D eigenvalue weighted by molar-refractivity contribution is 8.06. The molecular formula is C13H18N2OS2. The molecule has 1 aliphatic carbocycles. The molecule has 5 heteroatoms. The third-order valence-electron chi connectivity index (χ3n) is 3.50. The normalized spacial score (nSPS) is 28.3. The molecule has 2 fully saturated rings. The highest BCUT2D eigenvalue weighted by Gasteiger charge is 2.31. The fraction of sp³-hybridized carbons (Fsp3) is 0.692. The van der Waals surface area contributed by atoms with Crippen molar-refractivity contribution in [1.82, 2.24) is 9.97 Å². The van der Waals surface area contributed by atoms with E-state index >= 15 is 0 Å². The van der Waals surface area contributed by atoms with Crippen molar-refractivity contribution < 1.29 is 0 Å². The van der Waals surface area contributed by atoms with Crippen molar-refractivity contribution in [3.8, 4) is 0 Å². The highest BCUT2D eigenvalue weighted by Crippen LogP contribution is 2.44. The summed E-state index contributed by atoms with van der Waals surface area (Å²) < 4.78 is 0. The lowest BCUT2D eigenvalue weighted by molar-refractivity contribution is 0.735. The van der Waals surface area contributed by atoms with E-state index in [0.29, 0.717) is 16.4 Å². The first-order valence-corrected chi connectivity index (χ1v) is 8.72. The van der Waals surface area contributed by atoms with Crippen molar-refractivity contribution in [2.45, 2.75) is 42.6 Å². The number of aromatic nitrogens is 2. The van der Waals surface area contributed by atoms with E-state index in [9.17, 15) is 4.79 Å². The smallest absolute Gasteiger partial charge is 0.251 e. The van der Waals surface area contributed by atoms with Crippen molar-refractivity contribution in [2.75, 3.05) is 11.5 Å². The Morgan fingerprint density at radius 3 is 2.89 bits per heavy atom. The average Bonchev–Trinajstić information content (AvgIpc) is 3.22. The maximum Gasteiger partial charge on any atom is 0.251 e. The highest BCUT2D eigenvalue weighted by atomic mass is 32.2. The lowest BCUT2D eigenvalue weighted by Crippen LogP contribution is -2.23. The predicted molar refractivity (Wildman–Crippen MR) is 78.6 cm³/mol. The molecule has 2 heterocycles. The monoisotopic (exact) mass is 282 g/mol. The van der Waals surface area contributed by atoms with Crippen molar-refractivity contribution in [3.63, 3.8) is 0 Å². The van der Waals surface area contributed by atoms with Gasteiger partial charge < -0.3 is 4.98 Å². The van der Waals surface area contributed by atoms with Gasteiger partial charge in [0.05, 0.1) is 10.9 Å².